The second-order valence-electron chi connectivity index (χ2n) is 13.1. The fourth-order valence-corrected chi connectivity index (χ4v) is 7.74. The van der Waals surface area contributed by atoms with Gasteiger partial charge in [-0.2, -0.15) is 14.7 Å². The van der Waals surface area contributed by atoms with Gasteiger partial charge in [0.15, 0.2) is 5.82 Å². The number of hydrogen-bond donors (Lipinski definition) is 5. The number of hydrogen-bond acceptors (Lipinski definition) is 9. The molecule has 0 saturated carbocycles. The Morgan fingerprint density at radius 3 is 2.62 bits per heavy atom. The summed E-state index contributed by atoms with van der Waals surface area (Å²) in [6.45, 7) is 11.9. The van der Waals surface area contributed by atoms with Crippen LogP contribution < -0.4 is 16.2 Å². The standard InChI is InChI=1S/C29H39N7O5S/c1-27(2,3)33-25(37)21-9-11-29(12-13-30,17-41-21)36-20-10-14-31-26(38)23(20)24(34-36)32-19-7-8-22-18(15-19)16-35(28(4,5)6)42(22,39)40/h7-8,10,14-15,21,39-40H,9,11-12,16-17H2,1-6H3,(H,31,38)(H,32,34)(H,33,37)/t21-,29-/m0/s1. The first kappa shape index (κ1) is 30.1. The van der Waals surface area contributed by atoms with Crippen molar-refractivity contribution >= 4 is 39.1 Å². The van der Waals surface area contributed by atoms with Crippen molar-refractivity contribution in [3.05, 3.63) is 46.4 Å². The Bertz CT molecular complexity index is 1620. The number of benzene rings is 1. The number of aromatic nitrogens is 3. The number of nitrogens with one attached hydrogen (secondary N) is 3. The lowest BCUT2D eigenvalue weighted by Gasteiger charge is -2.44. The number of H-pyrrole nitrogens is 1. The summed E-state index contributed by atoms with van der Waals surface area (Å²) in [6.07, 6.45) is 1.80. The number of ether oxygens (including phenoxy) is 1. The molecule has 0 spiro atoms. The fraction of sp³-hybridized carbons (Fsp3) is 0.517. The Hall–Kier alpha value is -3.41. The molecule has 13 heteroatoms. The Balaban J connectivity index is 1.49. The molecule has 1 fully saturated rings. The number of carbonyl (C=O) groups excluding carboxylic acids is 1. The molecule has 2 aliphatic rings. The Kier molecular flexibility index (Phi) is 7.44. The number of amides is 1. The molecule has 2 aromatic heterocycles. The molecular weight excluding hydrogens is 558 g/mol. The number of rotatable bonds is 5. The Labute approximate surface area is 246 Å². The third kappa shape index (κ3) is 5.41. The van der Waals surface area contributed by atoms with Crippen molar-refractivity contribution in [1.82, 2.24) is 24.4 Å². The second kappa shape index (κ2) is 10.4. The van der Waals surface area contributed by atoms with Crippen LogP contribution in [-0.2, 0) is 21.6 Å². The van der Waals surface area contributed by atoms with Crippen LogP contribution in [-0.4, -0.2) is 57.9 Å². The Morgan fingerprint density at radius 2 is 2.00 bits per heavy atom. The van der Waals surface area contributed by atoms with E-state index in [-0.39, 0.29) is 24.5 Å². The zero-order chi connectivity index (χ0) is 30.7. The van der Waals surface area contributed by atoms with E-state index in [0.717, 1.165) is 5.56 Å². The molecule has 2 aliphatic heterocycles. The maximum absolute atomic E-state index is 13.1. The summed E-state index contributed by atoms with van der Waals surface area (Å²) in [6, 6.07) is 9.25. The number of anilines is 2. The molecule has 0 bridgehead atoms. The van der Waals surface area contributed by atoms with Gasteiger partial charge in [0.1, 0.15) is 11.5 Å². The summed E-state index contributed by atoms with van der Waals surface area (Å²) in [7, 11) is -3.12. The van der Waals surface area contributed by atoms with Crippen LogP contribution in [0.3, 0.4) is 0 Å². The molecule has 4 heterocycles. The first-order valence-corrected chi connectivity index (χ1v) is 15.4. The van der Waals surface area contributed by atoms with Crippen molar-refractivity contribution in [2.24, 2.45) is 0 Å². The molecule has 0 unspecified atom stereocenters. The van der Waals surface area contributed by atoms with E-state index in [2.05, 4.69) is 21.7 Å². The summed E-state index contributed by atoms with van der Waals surface area (Å²) in [5.41, 5.74) is -0.162. The van der Waals surface area contributed by atoms with Gasteiger partial charge >= 0.3 is 0 Å². The van der Waals surface area contributed by atoms with Gasteiger partial charge < -0.3 is 20.4 Å². The van der Waals surface area contributed by atoms with Crippen molar-refractivity contribution < 1.29 is 18.6 Å². The average Bonchev–Trinajstić information content (AvgIpc) is 3.39. The van der Waals surface area contributed by atoms with Crippen LogP contribution in [0.4, 0.5) is 11.5 Å². The number of nitriles is 1. The quantitative estimate of drug-likeness (QED) is 0.277. The van der Waals surface area contributed by atoms with E-state index >= 15 is 0 Å². The molecule has 42 heavy (non-hydrogen) atoms. The van der Waals surface area contributed by atoms with E-state index in [1.165, 1.54) is 6.20 Å². The van der Waals surface area contributed by atoms with Crippen LogP contribution >= 0.6 is 10.8 Å². The molecule has 2 atom stereocenters. The van der Waals surface area contributed by atoms with Crippen LogP contribution in [0.15, 0.2) is 40.2 Å². The molecule has 0 aliphatic carbocycles. The largest absolute Gasteiger partial charge is 0.366 e. The van der Waals surface area contributed by atoms with Gasteiger partial charge in [0.25, 0.3) is 5.56 Å². The van der Waals surface area contributed by atoms with E-state index in [1.54, 1.807) is 27.2 Å². The predicted molar refractivity (Wildman–Crippen MR) is 162 cm³/mol. The number of pyridine rings is 1. The predicted octanol–water partition coefficient (Wildman–Crippen LogP) is 4.81. The monoisotopic (exact) mass is 597 g/mol. The highest BCUT2D eigenvalue weighted by Gasteiger charge is 2.43. The van der Waals surface area contributed by atoms with Crippen molar-refractivity contribution in [3.63, 3.8) is 0 Å². The third-order valence-electron chi connectivity index (χ3n) is 7.66. The van der Waals surface area contributed by atoms with Gasteiger partial charge in [-0.25, -0.2) is 0 Å². The fourth-order valence-electron chi connectivity index (χ4n) is 5.69. The molecule has 1 aromatic carbocycles. The molecule has 3 aromatic rings. The minimum absolute atomic E-state index is 0.0724. The second-order valence-corrected chi connectivity index (χ2v) is 15.1. The lowest BCUT2D eigenvalue weighted by molar-refractivity contribution is -0.142. The molecule has 5 N–H and O–H groups in total. The van der Waals surface area contributed by atoms with Crippen molar-refractivity contribution in [2.45, 2.75) is 95.0 Å². The van der Waals surface area contributed by atoms with Gasteiger partial charge in [-0.15, -0.1) is 10.8 Å². The van der Waals surface area contributed by atoms with Crippen LogP contribution in [0.5, 0.6) is 0 Å². The Morgan fingerprint density at radius 1 is 1.26 bits per heavy atom. The first-order valence-electron chi connectivity index (χ1n) is 13.9. The van der Waals surface area contributed by atoms with Crippen molar-refractivity contribution in [2.75, 3.05) is 11.9 Å². The van der Waals surface area contributed by atoms with Gasteiger partial charge in [0.2, 0.25) is 5.91 Å². The highest BCUT2D eigenvalue weighted by Crippen LogP contribution is 2.61. The summed E-state index contributed by atoms with van der Waals surface area (Å²) in [4.78, 5) is 29.0. The van der Waals surface area contributed by atoms with Gasteiger partial charge in [-0.3, -0.25) is 23.4 Å². The van der Waals surface area contributed by atoms with E-state index < -0.39 is 33.5 Å². The summed E-state index contributed by atoms with van der Waals surface area (Å²) >= 11 is 0. The minimum atomic E-state index is -3.12. The highest BCUT2D eigenvalue weighted by atomic mass is 32.3. The smallest absolute Gasteiger partial charge is 0.261 e. The number of aromatic amines is 1. The SMILES string of the molecule is CC(C)(C)NC(=O)[C@@H]1CC[C@@](CC#N)(n2nc(Nc3ccc4c(c3)CN(C(C)(C)C)S4(O)O)c3c(=O)[nH]ccc32)CO1. The van der Waals surface area contributed by atoms with E-state index in [0.29, 0.717) is 46.7 Å². The summed E-state index contributed by atoms with van der Waals surface area (Å²) < 4.78 is 31.3. The summed E-state index contributed by atoms with van der Waals surface area (Å²) in [5, 5.41) is 21.1. The average molecular weight is 598 g/mol. The molecule has 1 saturated heterocycles. The molecule has 5 rings (SSSR count). The maximum atomic E-state index is 13.1. The van der Waals surface area contributed by atoms with Gasteiger partial charge in [-0.05, 0) is 84.2 Å². The molecule has 226 valence electrons. The minimum Gasteiger partial charge on any atom is -0.366 e. The summed E-state index contributed by atoms with van der Waals surface area (Å²) in [5.74, 6) is 0.101. The highest BCUT2D eigenvalue weighted by molar-refractivity contribution is 8.22. The first-order chi connectivity index (χ1) is 19.6. The van der Waals surface area contributed by atoms with Crippen LogP contribution in [0.2, 0.25) is 0 Å². The normalized spacial score (nSPS) is 23.3. The topological polar surface area (TPSA) is 169 Å². The van der Waals surface area contributed by atoms with Crippen LogP contribution in [0, 0.1) is 11.3 Å². The van der Waals surface area contributed by atoms with Gasteiger partial charge in [0, 0.05) is 29.5 Å². The zero-order valence-corrected chi connectivity index (χ0v) is 25.6. The lowest BCUT2D eigenvalue weighted by atomic mass is 9.86. The van der Waals surface area contributed by atoms with E-state index in [4.69, 9.17) is 9.84 Å². The molecule has 12 nitrogen and oxygen atoms in total. The number of fused-ring (bicyclic) bond motifs is 2. The van der Waals surface area contributed by atoms with Gasteiger partial charge in [0.05, 0.1) is 35.0 Å². The van der Waals surface area contributed by atoms with E-state index in [9.17, 15) is 24.0 Å². The molecule has 1 amide bonds. The van der Waals surface area contributed by atoms with Crippen LogP contribution in [0.25, 0.3) is 10.9 Å². The number of nitrogens with zero attached hydrogens (tertiary/aromatic N) is 4. The van der Waals surface area contributed by atoms with Crippen molar-refractivity contribution in [1.29, 1.82) is 5.26 Å². The van der Waals surface area contributed by atoms with Gasteiger partial charge in [-0.1, -0.05) is 0 Å². The van der Waals surface area contributed by atoms with Crippen LogP contribution in [0.1, 0.15) is 66.4 Å². The lowest BCUT2D eigenvalue weighted by Crippen LogP contribution is -2.52. The number of carbonyl (C=O) groups is 1. The zero-order valence-electron chi connectivity index (χ0n) is 24.8. The van der Waals surface area contributed by atoms with E-state index in [1.807, 2.05) is 47.6 Å². The molecule has 0 radical (unpaired) electrons. The molecular formula is C29H39N7O5S. The van der Waals surface area contributed by atoms with Crippen molar-refractivity contribution in [3.8, 4) is 6.07 Å². The third-order valence-corrected chi connectivity index (χ3v) is 9.94. The maximum Gasteiger partial charge on any atom is 0.261 e.